The third kappa shape index (κ3) is 7.35. The van der Waals surface area contributed by atoms with E-state index in [-0.39, 0.29) is 12.5 Å². The highest BCUT2D eigenvalue weighted by Gasteiger charge is 2.08. The third-order valence-electron chi connectivity index (χ3n) is 3.30. The van der Waals surface area contributed by atoms with E-state index in [4.69, 9.17) is 4.74 Å². The molecule has 0 bridgehead atoms. The first-order chi connectivity index (χ1) is 11.6. The maximum Gasteiger partial charge on any atom is 0.241 e. The van der Waals surface area contributed by atoms with Crippen LogP contribution in [0.1, 0.15) is 32.8 Å². The second-order valence-corrected chi connectivity index (χ2v) is 5.45. The Balaban J connectivity index is 2.64. The smallest absolute Gasteiger partial charge is 0.241 e. The molecule has 0 spiro atoms. The molecule has 1 aromatic carbocycles. The van der Waals surface area contributed by atoms with E-state index in [1.807, 2.05) is 57.0 Å². The molecule has 6 heteroatoms. The molecule has 0 fully saturated rings. The summed E-state index contributed by atoms with van der Waals surface area (Å²) in [5.41, 5.74) is 1.15. The summed E-state index contributed by atoms with van der Waals surface area (Å²) < 4.78 is 5.45. The molecule has 0 aliphatic heterocycles. The van der Waals surface area contributed by atoms with Crippen molar-refractivity contribution in [2.45, 2.75) is 33.7 Å². The Kier molecular flexibility index (Phi) is 9.34. The van der Waals surface area contributed by atoms with E-state index >= 15 is 0 Å². The number of rotatable bonds is 9. The summed E-state index contributed by atoms with van der Waals surface area (Å²) in [5, 5.41) is 6.05. The summed E-state index contributed by atoms with van der Waals surface area (Å²) in [6, 6.07) is 8.02. The molecule has 0 atom stereocenters. The maximum atomic E-state index is 11.7. The molecule has 0 aliphatic rings. The van der Waals surface area contributed by atoms with Gasteiger partial charge in [0.15, 0.2) is 5.96 Å². The van der Waals surface area contributed by atoms with Crippen molar-refractivity contribution in [1.29, 1.82) is 0 Å². The fourth-order valence-corrected chi connectivity index (χ4v) is 2.14. The zero-order chi connectivity index (χ0) is 17.8. The minimum Gasteiger partial charge on any atom is -0.494 e. The van der Waals surface area contributed by atoms with Crippen LogP contribution in [0.3, 0.4) is 0 Å². The number of ether oxygens (including phenoxy) is 1. The van der Waals surface area contributed by atoms with Gasteiger partial charge >= 0.3 is 0 Å². The summed E-state index contributed by atoms with van der Waals surface area (Å²) in [6.45, 7) is 8.95. The lowest BCUT2D eigenvalue weighted by Gasteiger charge is -2.22. The molecule has 0 unspecified atom stereocenters. The molecule has 1 rings (SSSR count). The average Bonchev–Trinajstić information content (AvgIpc) is 2.58. The number of nitrogens with zero attached hydrogens (tertiary/aromatic N) is 2. The SMILES string of the molecule is CCCNC(=O)CN=C(NCC)N(C)Cc1ccc(OCC)cc1. The Morgan fingerprint density at radius 3 is 2.46 bits per heavy atom. The lowest BCUT2D eigenvalue weighted by Crippen LogP contribution is -2.39. The van der Waals surface area contributed by atoms with Gasteiger partial charge in [0.25, 0.3) is 0 Å². The van der Waals surface area contributed by atoms with Gasteiger partial charge in [-0.05, 0) is 38.0 Å². The van der Waals surface area contributed by atoms with Gasteiger partial charge in [-0.25, -0.2) is 4.99 Å². The van der Waals surface area contributed by atoms with Gasteiger partial charge < -0.3 is 20.3 Å². The van der Waals surface area contributed by atoms with E-state index in [9.17, 15) is 4.79 Å². The summed E-state index contributed by atoms with van der Waals surface area (Å²) in [7, 11) is 1.96. The number of hydrogen-bond donors (Lipinski definition) is 2. The lowest BCUT2D eigenvalue weighted by molar-refractivity contribution is -0.119. The van der Waals surface area contributed by atoms with Crippen molar-refractivity contribution in [2.24, 2.45) is 4.99 Å². The number of hydrogen-bond acceptors (Lipinski definition) is 3. The van der Waals surface area contributed by atoms with E-state index in [0.717, 1.165) is 30.2 Å². The topological polar surface area (TPSA) is 66.0 Å². The van der Waals surface area contributed by atoms with Gasteiger partial charge in [0.1, 0.15) is 12.3 Å². The van der Waals surface area contributed by atoms with Gasteiger partial charge in [0, 0.05) is 26.7 Å². The monoisotopic (exact) mass is 334 g/mol. The van der Waals surface area contributed by atoms with Crippen LogP contribution in [-0.2, 0) is 11.3 Å². The molecular formula is C18H30N4O2. The zero-order valence-electron chi connectivity index (χ0n) is 15.3. The minimum atomic E-state index is -0.0540. The van der Waals surface area contributed by atoms with Crippen LogP contribution in [0.2, 0.25) is 0 Å². The lowest BCUT2D eigenvalue weighted by atomic mass is 10.2. The Labute approximate surface area is 145 Å². The number of aliphatic imine (C=N–C) groups is 1. The van der Waals surface area contributed by atoms with Gasteiger partial charge in [0.05, 0.1) is 6.61 Å². The van der Waals surface area contributed by atoms with Gasteiger partial charge in [-0.3, -0.25) is 4.79 Å². The Bertz CT molecular complexity index is 514. The highest BCUT2D eigenvalue weighted by atomic mass is 16.5. The van der Waals surface area contributed by atoms with E-state index < -0.39 is 0 Å². The molecule has 6 nitrogen and oxygen atoms in total. The molecule has 0 saturated heterocycles. The van der Waals surface area contributed by atoms with E-state index in [1.54, 1.807) is 0 Å². The second-order valence-electron chi connectivity index (χ2n) is 5.45. The largest absolute Gasteiger partial charge is 0.494 e. The molecule has 2 N–H and O–H groups in total. The van der Waals surface area contributed by atoms with Crippen molar-refractivity contribution in [3.8, 4) is 5.75 Å². The van der Waals surface area contributed by atoms with Gasteiger partial charge in [0.2, 0.25) is 5.91 Å². The fraction of sp³-hybridized carbons (Fsp3) is 0.556. The molecule has 0 radical (unpaired) electrons. The molecule has 0 aromatic heterocycles. The summed E-state index contributed by atoms with van der Waals surface area (Å²) in [6.07, 6.45) is 0.924. The fourth-order valence-electron chi connectivity index (χ4n) is 2.14. The van der Waals surface area contributed by atoms with Crippen LogP contribution >= 0.6 is 0 Å². The number of carbonyl (C=O) groups excluding carboxylic acids is 1. The predicted octanol–water partition coefficient (Wildman–Crippen LogP) is 2.01. The molecule has 24 heavy (non-hydrogen) atoms. The highest BCUT2D eigenvalue weighted by Crippen LogP contribution is 2.13. The maximum absolute atomic E-state index is 11.7. The number of benzene rings is 1. The molecule has 0 heterocycles. The summed E-state index contributed by atoms with van der Waals surface area (Å²) in [5.74, 6) is 1.54. The summed E-state index contributed by atoms with van der Waals surface area (Å²) in [4.78, 5) is 18.1. The van der Waals surface area contributed by atoms with Crippen molar-refractivity contribution in [3.63, 3.8) is 0 Å². The third-order valence-corrected chi connectivity index (χ3v) is 3.30. The molecule has 1 aromatic rings. The van der Waals surface area contributed by atoms with Crippen LogP contribution in [0.15, 0.2) is 29.3 Å². The molecule has 0 aliphatic carbocycles. The molecule has 0 saturated carbocycles. The Morgan fingerprint density at radius 1 is 1.17 bits per heavy atom. The zero-order valence-corrected chi connectivity index (χ0v) is 15.3. The first kappa shape index (κ1) is 19.8. The number of carbonyl (C=O) groups is 1. The minimum absolute atomic E-state index is 0.0540. The quantitative estimate of drug-likeness (QED) is 0.535. The van der Waals surface area contributed by atoms with E-state index in [1.165, 1.54) is 0 Å². The van der Waals surface area contributed by atoms with Gasteiger partial charge in [-0.1, -0.05) is 19.1 Å². The first-order valence-corrected chi connectivity index (χ1v) is 8.58. The van der Waals surface area contributed by atoms with Crippen LogP contribution in [-0.4, -0.2) is 50.1 Å². The average molecular weight is 334 g/mol. The van der Waals surface area contributed by atoms with Crippen LogP contribution in [0, 0.1) is 0 Å². The van der Waals surface area contributed by atoms with Crippen LogP contribution in [0.4, 0.5) is 0 Å². The van der Waals surface area contributed by atoms with Crippen LogP contribution < -0.4 is 15.4 Å². The highest BCUT2D eigenvalue weighted by molar-refractivity contribution is 5.84. The van der Waals surface area contributed by atoms with Gasteiger partial charge in [-0.2, -0.15) is 0 Å². The van der Waals surface area contributed by atoms with E-state index in [0.29, 0.717) is 19.7 Å². The van der Waals surface area contributed by atoms with Gasteiger partial charge in [-0.15, -0.1) is 0 Å². The summed E-state index contributed by atoms with van der Waals surface area (Å²) >= 11 is 0. The molecular weight excluding hydrogens is 304 g/mol. The Morgan fingerprint density at radius 2 is 1.88 bits per heavy atom. The van der Waals surface area contributed by atoms with E-state index in [2.05, 4.69) is 15.6 Å². The number of amides is 1. The van der Waals surface area contributed by atoms with Crippen molar-refractivity contribution in [3.05, 3.63) is 29.8 Å². The Hall–Kier alpha value is -2.24. The normalized spacial score (nSPS) is 11.1. The molecule has 134 valence electrons. The van der Waals surface area contributed by atoms with Crippen LogP contribution in [0.25, 0.3) is 0 Å². The van der Waals surface area contributed by atoms with Crippen LogP contribution in [0.5, 0.6) is 5.75 Å². The first-order valence-electron chi connectivity index (χ1n) is 8.58. The molecule has 1 amide bonds. The van der Waals surface area contributed by atoms with Crippen molar-refractivity contribution < 1.29 is 9.53 Å². The number of nitrogens with one attached hydrogen (secondary N) is 2. The second kappa shape index (κ2) is 11.3. The van der Waals surface area contributed by atoms with Crippen molar-refractivity contribution in [2.75, 3.05) is 33.3 Å². The standard InChI is InChI=1S/C18H30N4O2/c1-5-12-20-17(23)13-21-18(19-6-2)22(4)14-15-8-10-16(11-9-15)24-7-3/h8-11H,5-7,12-14H2,1-4H3,(H,19,21)(H,20,23). The van der Waals surface area contributed by atoms with Crippen molar-refractivity contribution >= 4 is 11.9 Å². The predicted molar refractivity (Wildman–Crippen MR) is 98.4 cm³/mol. The number of guanidine groups is 1. The van der Waals surface area contributed by atoms with Crippen molar-refractivity contribution in [1.82, 2.24) is 15.5 Å².